The Labute approximate surface area is 388 Å². The number of hydrogen-bond donors (Lipinski definition) is 0. The Kier molecular flexibility index (Phi) is 9.26. The van der Waals surface area contributed by atoms with Crippen LogP contribution in [0.1, 0.15) is 62.8 Å². The van der Waals surface area contributed by atoms with E-state index in [2.05, 4.69) is 228 Å². The van der Waals surface area contributed by atoms with Crippen LogP contribution in [-0.2, 0) is 15.6 Å². The number of rotatable bonds is 7. The third kappa shape index (κ3) is 6.58. The normalized spacial score (nSPS) is 15.0. The Hall–Kier alpha value is -7.55. The first kappa shape index (κ1) is 40.0. The first-order valence-corrected chi connectivity index (χ1v) is 23.5. The molecule has 9 aromatic rings. The lowest BCUT2D eigenvalue weighted by molar-refractivity contribution is -0.117. The third-order valence-electron chi connectivity index (χ3n) is 14.9. The van der Waals surface area contributed by atoms with Crippen LogP contribution in [0, 0.1) is 0 Å². The largest absolute Gasteiger partial charge is 0.312 e. The topological polar surface area (TPSA) is 20.3 Å². The van der Waals surface area contributed by atoms with Crippen LogP contribution in [0.5, 0.6) is 0 Å². The van der Waals surface area contributed by atoms with E-state index in [9.17, 15) is 4.79 Å². The van der Waals surface area contributed by atoms with Crippen LogP contribution >= 0.6 is 0 Å². The highest BCUT2D eigenvalue weighted by Crippen LogP contribution is 2.52. The Morgan fingerprint density at radius 1 is 0.333 bits per heavy atom. The summed E-state index contributed by atoms with van der Waals surface area (Å²) in [5, 5.41) is 0. The average molecular weight is 850 g/mol. The van der Waals surface area contributed by atoms with Crippen molar-refractivity contribution in [2.45, 2.75) is 51.4 Å². The lowest BCUT2D eigenvalue weighted by atomic mass is 9.81. The predicted octanol–water partition coefficient (Wildman–Crippen LogP) is 16.4. The highest BCUT2D eigenvalue weighted by atomic mass is 16.2. The van der Waals surface area contributed by atoms with Crippen LogP contribution in [0.3, 0.4) is 0 Å². The zero-order valence-electron chi connectivity index (χ0n) is 38.0. The molecule has 0 spiro atoms. The van der Waals surface area contributed by atoms with Crippen LogP contribution in [-0.4, -0.2) is 12.5 Å². The molecule has 1 fully saturated rings. The summed E-state index contributed by atoms with van der Waals surface area (Å²) < 4.78 is 0. The van der Waals surface area contributed by atoms with Crippen molar-refractivity contribution in [2.24, 2.45) is 0 Å². The van der Waals surface area contributed by atoms with Crippen LogP contribution < -0.4 is 4.90 Å². The van der Waals surface area contributed by atoms with E-state index in [0.717, 1.165) is 45.5 Å². The molecule has 0 unspecified atom stereocenters. The standard InChI is InChI=1S/C64H51NO/c1-63(2)58-22-13-11-20-54(58)56-27-25-43(39-60(56)63)47-30-45(41-16-7-5-8-17-41)32-49(34-47)51-36-52(38-53(37-51)65-29-15-24-62(65)66)50-33-46(42-18-9-6-10-19-42)31-48(35-50)44-26-28-57-55-21-12-14-23-59(55)64(3,4)61(57)40-44/h5-14,16-23,25-28,30-40H,15,24,29H2,1-4H3. The van der Waals surface area contributed by atoms with E-state index in [1.165, 1.54) is 77.9 Å². The number of amides is 1. The molecule has 318 valence electrons. The summed E-state index contributed by atoms with van der Waals surface area (Å²) in [5.74, 6) is 0.180. The summed E-state index contributed by atoms with van der Waals surface area (Å²) >= 11 is 0. The molecule has 1 aliphatic heterocycles. The van der Waals surface area contributed by atoms with Gasteiger partial charge in [-0.15, -0.1) is 0 Å². The quantitative estimate of drug-likeness (QED) is 0.156. The summed E-state index contributed by atoms with van der Waals surface area (Å²) in [7, 11) is 0. The molecule has 1 amide bonds. The second-order valence-electron chi connectivity index (χ2n) is 19.6. The van der Waals surface area contributed by atoms with Gasteiger partial charge >= 0.3 is 0 Å². The van der Waals surface area contributed by atoms with Crippen molar-refractivity contribution in [1.29, 1.82) is 0 Å². The van der Waals surface area contributed by atoms with Crippen LogP contribution in [0.4, 0.5) is 5.69 Å². The molecule has 2 aliphatic carbocycles. The summed E-state index contributed by atoms with van der Waals surface area (Å²) in [6.07, 6.45) is 1.43. The van der Waals surface area contributed by atoms with Gasteiger partial charge < -0.3 is 4.90 Å². The summed E-state index contributed by atoms with van der Waals surface area (Å²) in [6.45, 7) is 10.1. The van der Waals surface area contributed by atoms with Gasteiger partial charge in [-0.25, -0.2) is 0 Å². The van der Waals surface area contributed by atoms with Gasteiger partial charge in [-0.3, -0.25) is 4.79 Å². The van der Waals surface area contributed by atoms with Crippen molar-refractivity contribution in [2.75, 3.05) is 11.4 Å². The maximum absolute atomic E-state index is 13.6. The smallest absolute Gasteiger partial charge is 0.227 e. The second-order valence-corrected chi connectivity index (χ2v) is 19.6. The SMILES string of the molecule is CC1(C)c2ccccc2-c2ccc(-c3cc(-c4ccccc4)cc(-c4cc(-c5cc(-c6ccccc6)cc(-c6ccc7c(c6)C(C)(C)c6ccccc6-7)c5)cc(N5CCCC5=O)c4)c3)cc21. The summed E-state index contributed by atoms with van der Waals surface area (Å²) in [5.41, 5.74) is 25.2. The minimum Gasteiger partial charge on any atom is -0.312 e. The number of carbonyl (C=O) groups is 1. The monoisotopic (exact) mass is 849 g/mol. The molecular formula is C64H51NO. The lowest BCUT2D eigenvalue weighted by Crippen LogP contribution is -2.23. The predicted molar refractivity (Wildman–Crippen MR) is 276 cm³/mol. The van der Waals surface area contributed by atoms with Crippen molar-refractivity contribution >= 4 is 11.6 Å². The van der Waals surface area contributed by atoms with Gasteiger partial charge in [-0.2, -0.15) is 0 Å². The van der Waals surface area contributed by atoms with E-state index < -0.39 is 0 Å². The highest BCUT2D eigenvalue weighted by Gasteiger charge is 2.36. The van der Waals surface area contributed by atoms with Crippen molar-refractivity contribution in [3.8, 4) is 89.0 Å². The molecule has 0 aromatic heterocycles. The number of carbonyl (C=O) groups excluding carboxylic acids is 1. The molecule has 0 saturated carbocycles. The summed E-state index contributed by atoms with van der Waals surface area (Å²) in [6, 6.07) is 74.1. The first-order chi connectivity index (χ1) is 32.1. The van der Waals surface area contributed by atoms with Gasteiger partial charge in [0.2, 0.25) is 5.91 Å². The zero-order valence-corrected chi connectivity index (χ0v) is 38.0. The minimum absolute atomic E-state index is 0.110. The van der Waals surface area contributed by atoms with E-state index in [-0.39, 0.29) is 16.7 Å². The van der Waals surface area contributed by atoms with Crippen molar-refractivity contribution in [3.63, 3.8) is 0 Å². The fourth-order valence-electron chi connectivity index (χ4n) is 11.3. The Bertz CT molecular complexity index is 3200. The number of benzene rings is 9. The lowest BCUT2D eigenvalue weighted by Gasteiger charge is -2.22. The van der Waals surface area contributed by atoms with Crippen molar-refractivity contribution in [3.05, 3.63) is 222 Å². The third-order valence-corrected chi connectivity index (χ3v) is 14.9. The van der Waals surface area contributed by atoms with E-state index in [0.29, 0.717) is 13.0 Å². The number of nitrogens with zero attached hydrogens (tertiary/aromatic N) is 1. The molecule has 0 radical (unpaired) electrons. The minimum atomic E-state index is -0.110. The van der Waals surface area contributed by atoms with E-state index in [1.54, 1.807) is 0 Å². The van der Waals surface area contributed by atoms with Gasteiger partial charge in [-0.05, 0) is 184 Å². The molecule has 0 bridgehead atoms. The molecule has 1 heterocycles. The Morgan fingerprint density at radius 2 is 0.682 bits per heavy atom. The van der Waals surface area contributed by atoms with Crippen molar-refractivity contribution in [1.82, 2.24) is 0 Å². The van der Waals surface area contributed by atoms with Gasteiger partial charge in [0.1, 0.15) is 0 Å². The van der Waals surface area contributed by atoms with Crippen LogP contribution in [0.15, 0.2) is 200 Å². The highest BCUT2D eigenvalue weighted by molar-refractivity contribution is 5.98. The molecule has 1 saturated heterocycles. The van der Waals surface area contributed by atoms with Gasteiger partial charge in [0.05, 0.1) is 0 Å². The molecule has 2 nitrogen and oxygen atoms in total. The molecule has 9 aromatic carbocycles. The van der Waals surface area contributed by atoms with Gasteiger partial charge in [0.25, 0.3) is 0 Å². The first-order valence-electron chi connectivity index (χ1n) is 23.5. The molecule has 66 heavy (non-hydrogen) atoms. The molecule has 0 N–H and O–H groups in total. The fraction of sp³-hybridized carbons (Fsp3) is 0.141. The summed E-state index contributed by atoms with van der Waals surface area (Å²) in [4.78, 5) is 15.6. The van der Waals surface area contributed by atoms with E-state index in [1.807, 2.05) is 4.90 Å². The van der Waals surface area contributed by atoms with Crippen molar-refractivity contribution < 1.29 is 4.79 Å². The molecule has 12 rings (SSSR count). The maximum Gasteiger partial charge on any atom is 0.227 e. The van der Waals surface area contributed by atoms with E-state index >= 15 is 0 Å². The number of anilines is 1. The fourth-order valence-corrected chi connectivity index (χ4v) is 11.3. The molecule has 0 atom stereocenters. The van der Waals surface area contributed by atoms with Crippen LogP contribution in [0.2, 0.25) is 0 Å². The number of hydrogen-bond acceptors (Lipinski definition) is 1. The average Bonchev–Trinajstić information content (AvgIpc) is 3.98. The Morgan fingerprint density at radius 3 is 1.09 bits per heavy atom. The van der Waals surface area contributed by atoms with Gasteiger partial charge in [0, 0.05) is 29.5 Å². The molecule has 3 aliphatic rings. The van der Waals surface area contributed by atoms with Gasteiger partial charge in [0.15, 0.2) is 0 Å². The molecular weight excluding hydrogens is 799 g/mol. The molecule has 2 heteroatoms. The van der Waals surface area contributed by atoms with Crippen LogP contribution in [0.25, 0.3) is 89.0 Å². The second kappa shape index (κ2) is 15.3. The maximum atomic E-state index is 13.6. The van der Waals surface area contributed by atoms with E-state index in [4.69, 9.17) is 0 Å². The Balaban J connectivity index is 1.04. The van der Waals surface area contributed by atoms with Gasteiger partial charge in [-0.1, -0.05) is 161 Å². The number of fused-ring (bicyclic) bond motifs is 6. The zero-order chi connectivity index (χ0) is 44.7.